The van der Waals surface area contributed by atoms with Gasteiger partial charge in [0.1, 0.15) is 0 Å². The van der Waals surface area contributed by atoms with Crippen LogP contribution < -0.4 is 5.73 Å². The average molecular weight is 267 g/mol. The molecular weight excluding hydrogens is 242 g/mol. The van der Waals surface area contributed by atoms with Crippen molar-refractivity contribution in [1.29, 1.82) is 0 Å². The molecule has 1 unspecified atom stereocenters. The molecule has 2 N–H and O–H groups in total. The van der Waals surface area contributed by atoms with E-state index in [-0.39, 0.29) is 6.04 Å². The second-order valence-electron chi connectivity index (χ2n) is 5.35. The van der Waals surface area contributed by atoms with Crippen LogP contribution >= 0.6 is 0 Å². The van der Waals surface area contributed by atoms with E-state index in [0.717, 1.165) is 18.8 Å². The zero-order valence-corrected chi connectivity index (χ0v) is 11.8. The van der Waals surface area contributed by atoms with E-state index in [2.05, 4.69) is 10.1 Å². The van der Waals surface area contributed by atoms with Crippen molar-refractivity contribution in [2.45, 2.75) is 57.9 Å². The Labute approximate surface area is 114 Å². The van der Waals surface area contributed by atoms with Gasteiger partial charge in [0.15, 0.2) is 5.82 Å². The molecule has 5 nitrogen and oxygen atoms in total. The summed E-state index contributed by atoms with van der Waals surface area (Å²) in [5.41, 5.74) is 5.92. The van der Waals surface area contributed by atoms with Gasteiger partial charge in [0, 0.05) is 13.0 Å². The first-order valence-corrected chi connectivity index (χ1v) is 7.45. The van der Waals surface area contributed by atoms with Gasteiger partial charge in [-0.2, -0.15) is 4.98 Å². The van der Waals surface area contributed by atoms with E-state index in [1.54, 1.807) is 0 Å². The highest BCUT2D eigenvalue weighted by atomic mass is 16.5. The molecule has 1 aromatic heterocycles. The van der Waals surface area contributed by atoms with Crippen molar-refractivity contribution in [3.8, 4) is 0 Å². The summed E-state index contributed by atoms with van der Waals surface area (Å²) < 4.78 is 10.5. The van der Waals surface area contributed by atoms with Crippen molar-refractivity contribution in [2.75, 3.05) is 13.2 Å². The van der Waals surface area contributed by atoms with E-state index in [0.29, 0.717) is 24.9 Å². The van der Waals surface area contributed by atoms with E-state index in [1.165, 1.54) is 32.1 Å². The van der Waals surface area contributed by atoms with Crippen LogP contribution in [0, 0.1) is 5.92 Å². The third kappa shape index (κ3) is 4.58. The molecule has 19 heavy (non-hydrogen) atoms. The van der Waals surface area contributed by atoms with E-state index >= 15 is 0 Å². The highest BCUT2D eigenvalue weighted by molar-refractivity contribution is 4.93. The molecule has 1 heterocycles. The molecule has 108 valence electrons. The fourth-order valence-electron chi connectivity index (χ4n) is 2.64. The highest BCUT2D eigenvalue weighted by Gasteiger charge is 2.17. The molecule has 1 saturated carbocycles. The van der Waals surface area contributed by atoms with Crippen molar-refractivity contribution in [1.82, 2.24) is 10.1 Å². The third-order valence-electron chi connectivity index (χ3n) is 3.81. The Bertz CT molecular complexity index is 361. The van der Waals surface area contributed by atoms with E-state index in [9.17, 15) is 0 Å². The van der Waals surface area contributed by atoms with Crippen LogP contribution in [0.4, 0.5) is 0 Å². The molecule has 1 aliphatic carbocycles. The first-order chi connectivity index (χ1) is 9.29. The second kappa shape index (κ2) is 7.60. The van der Waals surface area contributed by atoms with Gasteiger partial charge >= 0.3 is 0 Å². The maximum absolute atomic E-state index is 5.92. The van der Waals surface area contributed by atoms with Gasteiger partial charge in [0.2, 0.25) is 5.89 Å². The Morgan fingerprint density at radius 2 is 2.16 bits per heavy atom. The largest absolute Gasteiger partial charge is 0.380 e. The molecule has 0 bridgehead atoms. The third-order valence-corrected chi connectivity index (χ3v) is 3.81. The van der Waals surface area contributed by atoms with Crippen LogP contribution in [0.2, 0.25) is 0 Å². The van der Waals surface area contributed by atoms with Gasteiger partial charge in [0.05, 0.1) is 12.6 Å². The van der Waals surface area contributed by atoms with Crippen molar-refractivity contribution in [3.05, 3.63) is 11.7 Å². The summed E-state index contributed by atoms with van der Waals surface area (Å²) in [7, 11) is 0. The zero-order valence-electron chi connectivity index (χ0n) is 11.8. The molecule has 2 rings (SSSR count). The molecule has 1 fully saturated rings. The zero-order chi connectivity index (χ0) is 13.5. The second-order valence-corrected chi connectivity index (χ2v) is 5.35. The number of nitrogens with two attached hydrogens (primary N) is 1. The Hall–Kier alpha value is -0.940. The number of ether oxygens (including phenoxy) is 1. The smallest absolute Gasteiger partial charge is 0.226 e. The molecule has 0 aliphatic heterocycles. The lowest BCUT2D eigenvalue weighted by atomic mass is 9.86. The van der Waals surface area contributed by atoms with Gasteiger partial charge in [-0.3, -0.25) is 0 Å². The molecule has 0 spiro atoms. The SMILES string of the molecule is CCOCC(N)c1noc(CCC2CCCCC2)n1. The van der Waals surface area contributed by atoms with Crippen LogP contribution in [0.1, 0.15) is 63.2 Å². The standard InChI is InChI=1S/C14H25N3O2/c1-2-18-10-12(15)14-16-13(19-17-14)9-8-11-6-4-3-5-7-11/h11-12H,2-10,15H2,1H3. The van der Waals surface area contributed by atoms with E-state index in [1.807, 2.05) is 6.92 Å². The van der Waals surface area contributed by atoms with Crippen molar-refractivity contribution in [3.63, 3.8) is 0 Å². The maximum Gasteiger partial charge on any atom is 0.226 e. The Kier molecular flexibility index (Phi) is 5.79. The minimum absolute atomic E-state index is 0.285. The highest BCUT2D eigenvalue weighted by Crippen LogP contribution is 2.27. The number of hydrogen-bond donors (Lipinski definition) is 1. The summed E-state index contributed by atoms with van der Waals surface area (Å²) in [5.74, 6) is 2.11. The van der Waals surface area contributed by atoms with Gasteiger partial charge in [-0.1, -0.05) is 37.3 Å². The fourth-order valence-corrected chi connectivity index (χ4v) is 2.64. The first kappa shape index (κ1) is 14.5. The minimum atomic E-state index is -0.285. The number of hydrogen-bond acceptors (Lipinski definition) is 5. The van der Waals surface area contributed by atoms with E-state index < -0.39 is 0 Å². The number of rotatable bonds is 7. The summed E-state index contributed by atoms with van der Waals surface area (Å²) in [6, 6.07) is -0.285. The lowest BCUT2D eigenvalue weighted by Crippen LogP contribution is -2.18. The van der Waals surface area contributed by atoms with Gasteiger partial charge in [-0.15, -0.1) is 0 Å². The van der Waals surface area contributed by atoms with Crippen molar-refractivity contribution < 1.29 is 9.26 Å². The molecule has 1 aliphatic rings. The molecular formula is C14H25N3O2. The predicted octanol–water partition coefficient (Wildman–Crippen LogP) is 2.62. The van der Waals surface area contributed by atoms with Gasteiger partial charge < -0.3 is 15.0 Å². The molecule has 0 radical (unpaired) electrons. The summed E-state index contributed by atoms with van der Waals surface area (Å²) in [6.45, 7) is 3.04. The Balaban J connectivity index is 1.76. The summed E-state index contributed by atoms with van der Waals surface area (Å²) in [6.07, 6.45) is 8.88. The van der Waals surface area contributed by atoms with Crippen LogP contribution in [0.3, 0.4) is 0 Å². The quantitative estimate of drug-likeness (QED) is 0.822. The number of nitrogens with zero attached hydrogens (tertiary/aromatic N) is 2. The van der Waals surface area contributed by atoms with Crippen LogP contribution in [-0.2, 0) is 11.2 Å². The maximum atomic E-state index is 5.92. The Morgan fingerprint density at radius 3 is 2.89 bits per heavy atom. The average Bonchev–Trinajstić information content (AvgIpc) is 2.92. The number of aromatic nitrogens is 2. The summed E-state index contributed by atoms with van der Waals surface area (Å²) >= 11 is 0. The summed E-state index contributed by atoms with van der Waals surface area (Å²) in [5, 5.41) is 3.94. The predicted molar refractivity (Wildman–Crippen MR) is 72.6 cm³/mol. The van der Waals surface area contributed by atoms with Crippen LogP contribution in [0.5, 0.6) is 0 Å². The first-order valence-electron chi connectivity index (χ1n) is 7.45. The van der Waals surface area contributed by atoms with Crippen molar-refractivity contribution >= 4 is 0 Å². The minimum Gasteiger partial charge on any atom is -0.380 e. The normalized spacial score (nSPS) is 18.6. The molecule has 1 aromatic rings. The number of aryl methyl sites for hydroxylation is 1. The topological polar surface area (TPSA) is 74.2 Å². The lowest BCUT2D eigenvalue weighted by Gasteiger charge is -2.20. The fraction of sp³-hybridized carbons (Fsp3) is 0.857. The van der Waals surface area contributed by atoms with Crippen LogP contribution in [-0.4, -0.2) is 23.4 Å². The van der Waals surface area contributed by atoms with Crippen LogP contribution in [0.15, 0.2) is 4.52 Å². The van der Waals surface area contributed by atoms with Gasteiger partial charge in [0.25, 0.3) is 0 Å². The molecule has 1 atom stereocenters. The molecule has 0 saturated heterocycles. The lowest BCUT2D eigenvalue weighted by molar-refractivity contribution is 0.130. The molecule has 5 heteroatoms. The van der Waals surface area contributed by atoms with E-state index in [4.69, 9.17) is 15.0 Å². The van der Waals surface area contributed by atoms with Gasteiger partial charge in [-0.25, -0.2) is 0 Å². The Morgan fingerprint density at radius 1 is 1.37 bits per heavy atom. The van der Waals surface area contributed by atoms with Gasteiger partial charge in [-0.05, 0) is 19.3 Å². The monoisotopic (exact) mass is 267 g/mol. The molecule has 0 amide bonds. The van der Waals surface area contributed by atoms with Crippen molar-refractivity contribution in [2.24, 2.45) is 11.7 Å². The summed E-state index contributed by atoms with van der Waals surface area (Å²) in [4.78, 5) is 4.36. The molecule has 0 aromatic carbocycles. The van der Waals surface area contributed by atoms with Crippen LogP contribution in [0.25, 0.3) is 0 Å².